The smallest absolute Gasteiger partial charge is 0.315 e. The molecule has 20 heavy (non-hydrogen) atoms. The first-order chi connectivity index (χ1) is 9.49. The van der Waals surface area contributed by atoms with E-state index in [0.717, 1.165) is 6.54 Å². The maximum atomic E-state index is 11.8. The summed E-state index contributed by atoms with van der Waals surface area (Å²) in [5.41, 5.74) is 0. The van der Waals surface area contributed by atoms with Gasteiger partial charge in [0.1, 0.15) is 0 Å². The van der Waals surface area contributed by atoms with Crippen molar-refractivity contribution in [3.05, 3.63) is 0 Å². The molecule has 0 aliphatic heterocycles. The second-order valence-corrected chi connectivity index (χ2v) is 6.06. The van der Waals surface area contributed by atoms with Gasteiger partial charge in [0, 0.05) is 19.0 Å². The Balaban J connectivity index is 2.14. The SMILES string of the molecule is CC(CCCC(=O)O)NC(=O)NCC1CCCCC1C. The van der Waals surface area contributed by atoms with E-state index in [1.807, 2.05) is 6.92 Å². The van der Waals surface area contributed by atoms with Crippen molar-refractivity contribution in [2.75, 3.05) is 6.54 Å². The quantitative estimate of drug-likeness (QED) is 0.672. The monoisotopic (exact) mass is 284 g/mol. The van der Waals surface area contributed by atoms with Crippen molar-refractivity contribution in [1.82, 2.24) is 10.6 Å². The Labute approximate surface area is 121 Å². The number of rotatable bonds is 7. The lowest BCUT2D eigenvalue weighted by atomic mass is 9.80. The van der Waals surface area contributed by atoms with E-state index in [2.05, 4.69) is 17.6 Å². The molecule has 116 valence electrons. The first-order valence-electron chi connectivity index (χ1n) is 7.75. The summed E-state index contributed by atoms with van der Waals surface area (Å²) in [6, 6.07) is -0.122. The van der Waals surface area contributed by atoms with Gasteiger partial charge in [-0.3, -0.25) is 4.79 Å². The number of carboxylic acid groups (broad SMARTS) is 1. The van der Waals surface area contributed by atoms with E-state index in [0.29, 0.717) is 24.7 Å². The van der Waals surface area contributed by atoms with Gasteiger partial charge in [-0.1, -0.05) is 26.2 Å². The summed E-state index contributed by atoms with van der Waals surface area (Å²) in [7, 11) is 0. The average molecular weight is 284 g/mol. The third-order valence-electron chi connectivity index (χ3n) is 4.22. The Hall–Kier alpha value is -1.26. The molecule has 1 rings (SSSR count). The van der Waals surface area contributed by atoms with Crippen LogP contribution in [-0.4, -0.2) is 29.7 Å². The number of urea groups is 1. The lowest BCUT2D eigenvalue weighted by Crippen LogP contribution is -2.43. The molecule has 0 heterocycles. The molecular formula is C15H28N2O3. The number of carbonyl (C=O) groups excluding carboxylic acids is 1. The maximum absolute atomic E-state index is 11.8. The minimum absolute atomic E-state index is 0.0122. The molecule has 3 atom stereocenters. The molecule has 1 aliphatic rings. The first kappa shape index (κ1) is 16.8. The number of amides is 2. The lowest BCUT2D eigenvalue weighted by molar-refractivity contribution is -0.137. The van der Waals surface area contributed by atoms with Crippen molar-refractivity contribution in [2.45, 2.75) is 64.8 Å². The van der Waals surface area contributed by atoms with Gasteiger partial charge in [-0.15, -0.1) is 0 Å². The first-order valence-corrected chi connectivity index (χ1v) is 7.75. The van der Waals surface area contributed by atoms with Crippen LogP contribution in [-0.2, 0) is 4.79 Å². The van der Waals surface area contributed by atoms with E-state index in [-0.39, 0.29) is 18.5 Å². The number of hydrogen-bond acceptors (Lipinski definition) is 2. The Bertz CT molecular complexity index is 320. The van der Waals surface area contributed by atoms with E-state index in [1.54, 1.807) is 0 Å². The summed E-state index contributed by atoms with van der Waals surface area (Å²) < 4.78 is 0. The van der Waals surface area contributed by atoms with Crippen molar-refractivity contribution in [1.29, 1.82) is 0 Å². The van der Waals surface area contributed by atoms with Gasteiger partial charge in [0.05, 0.1) is 0 Å². The Kier molecular flexibility index (Phi) is 7.41. The molecule has 5 heteroatoms. The molecule has 1 fully saturated rings. The summed E-state index contributed by atoms with van der Waals surface area (Å²) in [5, 5.41) is 14.4. The van der Waals surface area contributed by atoms with Crippen LogP contribution in [0.15, 0.2) is 0 Å². The standard InChI is InChI=1S/C15H28N2O3/c1-11-6-3-4-8-13(11)10-16-15(20)17-12(2)7-5-9-14(18)19/h11-13H,3-10H2,1-2H3,(H,18,19)(H2,16,17,20). The fourth-order valence-electron chi connectivity index (χ4n) is 2.83. The molecule has 0 aromatic heterocycles. The van der Waals surface area contributed by atoms with Crippen molar-refractivity contribution in [3.63, 3.8) is 0 Å². The van der Waals surface area contributed by atoms with Gasteiger partial charge < -0.3 is 15.7 Å². The third-order valence-corrected chi connectivity index (χ3v) is 4.22. The lowest BCUT2D eigenvalue weighted by Gasteiger charge is -2.29. The number of nitrogens with one attached hydrogen (secondary N) is 2. The number of hydrogen-bond donors (Lipinski definition) is 3. The van der Waals surface area contributed by atoms with Gasteiger partial charge in [0.15, 0.2) is 0 Å². The van der Waals surface area contributed by atoms with Gasteiger partial charge in [0.2, 0.25) is 0 Å². The molecule has 2 amide bonds. The average Bonchev–Trinajstić information content (AvgIpc) is 2.37. The fraction of sp³-hybridized carbons (Fsp3) is 0.867. The van der Waals surface area contributed by atoms with Crippen molar-refractivity contribution in [2.24, 2.45) is 11.8 Å². The maximum Gasteiger partial charge on any atom is 0.315 e. The summed E-state index contributed by atoms with van der Waals surface area (Å²) >= 11 is 0. The minimum atomic E-state index is -0.784. The zero-order valence-electron chi connectivity index (χ0n) is 12.7. The highest BCUT2D eigenvalue weighted by atomic mass is 16.4. The van der Waals surface area contributed by atoms with Gasteiger partial charge in [-0.05, 0) is 38.0 Å². The van der Waals surface area contributed by atoms with Crippen LogP contribution in [0.4, 0.5) is 4.79 Å². The van der Waals surface area contributed by atoms with Crippen LogP contribution >= 0.6 is 0 Å². The Morgan fingerprint density at radius 1 is 1.30 bits per heavy atom. The Morgan fingerprint density at radius 3 is 2.65 bits per heavy atom. The predicted octanol–water partition coefficient (Wildman–Crippen LogP) is 2.76. The molecule has 1 aliphatic carbocycles. The van der Waals surface area contributed by atoms with Crippen LogP contribution in [0.3, 0.4) is 0 Å². The molecule has 3 N–H and O–H groups in total. The highest BCUT2D eigenvalue weighted by molar-refractivity contribution is 5.74. The number of carbonyl (C=O) groups is 2. The van der Waals surface area contributed by atoms with E-state index >= 15 is 0 Å². The molecule has 0 aromatic carbocycles. The second-order valence-electron chi connectivity index (χ2n) is 6.06. The second kappa shape index (κ2) is 8.82. The van der Waals surface area contributed by atoms with E-state index in [9.17, 15) is 9.59 Å². The molecule has 3 unspecified atom stereocenters. The molecule has 0 radical (unpaired) electrons. The summed E-state index contributed by atoms with van der Waals surface area (Å²) in [4.78, 5) is 22.2. The molecule has 0 saturated heterocycles. The van der Waals surface area contributed by atoms with Crippen molar-refractivity contribution < 1.29 is 14.7 Å². The third kappa shape index (κ3) is 6.78. The van der Waals surface area contributed by atoms with Gasteiger partial charge >= 0.3 is 12.0 Å². The highest BCUT2D eigenvalue weighted by Crippen LogP contribution is 2.28. The highest BCUT2D eigenvalue weighted by Gasteiger charge is 2.21. The minimum Gasteiger partial charge on any atom is -0.481 e. The van der Waals surface area contributed by atoms with Crippen LogP contribution in [0.25, 0.3) is 0 Å². The normalized spacial score (nSPS) is 23.9. The van der Waals surface area contributed by atoms with Crippen LogP contribution in [0.2, 0.25) is 0 Å². The molecule has 0 aromatic rings. The molecule has 1 saturated carbocycles. The Morgan fingerprint density at radius 2 is 2.00 bits per heavy atom. The summed E-state index contributed by atoms with van der Waals surface area (Å²) in [5.74, 6) is 0.502. The van der Waals surface area contributed by atoms with Crippen molar-refractivity contribution >= 4 is 12.0 Å². The summed E-state index contributed by atoms with van der Waals surface area (Å²) in [6.45, 7) is 4.91. The van der Waals surface area contributed by atoms with Gasteiger partial charge in [-0.2, -0.15) is 0 Å². The number of aliphatic carboxylic acids is 1. The number of carboxylic acids is 1. The van der Waals surface area contributed by atoms with E-state index in [1.165, 1.54) is 25.7 Å². The predicted molar refractivity (Wildman–Crippen MR) is 78.6 cm³/mol. The van der Waals surface area contributed by atoms with Crippen LogP contribution < -0.4 is 10.6 Å². The van der Waals surface area contributed by atoms with E-state index < -0.39 is 5.97 Å². The zero-order valence-corrected chi connectivity index (χ0v) is 12.7. The van der Waals surface area contributed by atoms with Crippen molar-refractivity contribution in [3.8, 4) is 0 Å². The zero-order chi connectivity index (χ0) is 15.0. The van der Waals surface area contributed by atoms with Crippen LogP contribution in [0.5, 0.6) is 0 Å². The molecule has 5 nitrogen and oxygen atoms in total. The largest absolute Gasteiger partial charge is 0.481 e. The van der Waals surface area contributed by atoms with Crippen LogP contribution in [0.1, 0.15) is 58.8 Å². The molecular weight excluding hydrogens is 256 g/mol. The molecule has 0 spiro atoms. The topological polar surface area (TPSA) is 78.4 Å². The summed E-state index contributed by atoms with van der Waals surface area (Å²) in [6.07, 6.45) is 6.49. The van der Waals surface area contributed by atoms with E-state index in [4.69, 9.17) is 5.11 Å². The fourth-order valence-corrected chi connectivity index (χ4v) is 2.83. The molecule has 0 bridgehead atoms. The van der Waals surface area contributed by atoms with Gasteiger partial charge in [0.25, 0.3) is 0 Å². The van der Waals surface area contributed by atoms with Crippen LogP contribution in [0, 0.1) is 11.8 Å². The van der Waals surface area contributed by atoms with Gasteiger partial charge in [-0.25, -0.2) is 4.79 Å².